The molecule has 0 spiro atoms. The van der Waals surface area contributed by atoms with Crippen molar-refractivity contribution in [1.29, 1.82) is 0 Å². The van der Waals surface area contributed by atoms with Crippen molar-refractivity contribution in [3.8, 4) is 0 Å². The zero-order valence-corrected chi connectivity index (χ0v) is 13.2. The van der Waals surface area contributed by atoms with Gasteiger partial charge in [-0.25, -0.2) is 4.79 Å². The van der Waals surface area contributed by atoms with E-state index in [0.29, 0.717) is 16.7 Å². The molecule has 0 aliphatic rings. The zero-order valence-electron chi connectivity index (χ0n) is 10.2. The van der Waals surface area contributed by atoms with Crippen molar-refractivity contribution < 1.29 is 33.9 Å². The van der Waals surface area contributed by atoms with Crippen LogP contribution in [0.1, 0.15) is 26.3 Å². The number of ketones is 1. The molecule has 2 N–H and O–H groups in total. The first kappa shape index (κ1) is 15.2. The number of carbonyl (C=O) groups is 2. The molecule has 5 heteroatoms. The SMILES string of the molecule is NOC(=O)c1ccc(C(=O)c2ccccc2)cc1.[Zn+2]. The quantitative estimate of drug-likeness (QED) is 0.534. The first-order chi connectivity index (χ1) is 8.72. The van der Waals surface area contributed by atoms with Crippen LogP contribution in [0.2, 0.25) is 0 Å². The average molecular weight is 307 g/mol. The zero-order chi connectivity index (χ0) is 13.0. The van der Waals surface area contributed by atoms with Crippen LogP contribution in [0.4, 0.5) is 0 Å². The maximum Gasteiger partial charge on any atom is 2.00 e. The molecule has 0 saturated carbocycles. The van der Waals surface area contributed by atoms with Gasteiger partial charge >= 0.3 is 25.4 Å². The van der Waals surface area contributed by atoms with E-state index in [0.717, 1.165) is 0 Å². The molecule has 0 atom stereocenters. The molecule has 0 aromatic heterocycles. The Balaban J connectivity index is 0.00000180. The molecule has 2 aromatic rings. The van der Waals surface area contributed by atoms with Gasteiger partial charge in [0.1, 0.15) is 0 Å². The number of hydrogen-bond donors (Lipinski definition) is 1. The van der Waals surface area contributed by atoms with E-state index in [1.165, 1.54) is 12.1 Å². The maximum atomic E-state index is 12.1. The second kappa shape index (κ2) is 6.93. The molecule has 2 rings (SSSR count). The normalized spacial score (nSPS) is 9.32. The largest absolute Gasteiger partial charge is 2.00 e. The topological polar surface area (TPSA) is 69.4 Å². The summed E-state index contributed by atoms with van der Waals surface area (Å²) >= 11 is 0. The van der Waals surface area contributed by atoms with Gasteiger partial charge in [-0.15, -0.1) is 0 Å². The molecule has 90 valence electrons. The van der Waals surface area contributed by atoms with Gasteiger partial charge in [-0.2, -0.15) is 5.90 Å². The summed E-state index contributed by atoms with van der Waals surface area (Å²) in [5.41, 5.74) is 1.42. The summed E-state index contributed by atoms with van der Waals surface area (Å²) in [4.78, 5) is 27.3. The second-order valence-electron chi connectivity index (χ2n) is 3.68. The molecular formula is C14H11NO3Zn+2. The first-order valence-electron chi connectivity index (χ1n) is 5.33. The fourth-order valence-corrected chi connectivity index (χ4v) is 1.58. The Labute approximate surface area is 123 Å². The molecule has 0 aliphatic heterocycles. The minimum Gasteiger partial charge on any atom is -0.370 e. The molecular weight excluding hydrogens is 296 g/mol. The molecule has 4 nitrogen and oxygen atoms in total. The minimum atomic E-state index is -0.631. The van der Waals surface area contributed by atoms with E-state index in [4.69, 9.17) is 5.90 Å². The first-order valence-corrected chi connectivity index (χ1v) is 5.33. The summed E-state index contributed by atoms with van der Waals surface area (Å²) in [7, 11) is 0. The fraction of sp³-hybridized carbons (Fsp3) is 0. The van der Waals surface area contributed by atoms with Crippen LogP contribution in [0.25, 0.3) is 0 Å². The molecule has 0 heterocycles. The van der Waals surface area contributed by atoms with E-state index in [1.807, 2.05) is 6.07 Å². The van der Waals surface area contributed by atoms with Crippen molar-refractivity contribution in [3.05, 3.63) is 71.3 Å². The monoisotopic (exact) mass is 305 g/mol. The molecule has 0 fully saturated rings. The van der Waals surface area contributed by atoms with Gasteiger partial charge in [-0.3, -0.25) is 4.79 Å². The van der Waals surface area contributed by atoms with Crippen molar-refractivity contribution in [2.24, 2.45) is 5.90 Å². The van der Waals surface area contributed by atoms with Crippen molar-refractivity contribution in [1.82, 2.24) is 0 Å². The van der Waals surface area contributed by atoms with E-state index in [1.54, 1.807) is 36.4 Å². The Morgan fingerprint density at radius 1 is 0.789 bits per heavy atom. The predicted molar refractivity (Wildman–Crippen MR) is 65.9 cm³/mol. The van der Waals surface area contributed by atoms with Crippen molar-refractivity contribution >= 4 is 11.8 Å². The summed E-state index contributed by atoms with van der Waals surface area (Å²) in [6.45, 7) is 0. The second-order valence-corrected chi connectivity index (χ2v) is 3.68. The van der Waals surface area contributed by atoms with Gasteiger partial charge in [0.15, 0.2) is 5.78 Å². The minimum absolute atomic E-state index is 0. The van der Waals surface area contributed by atoms with E-state index < -0.39 is 5.97 Å². The van der Waals surface area contributed by atoms with E-state index >= 15 is 0 Å². The van der Waals surface area contributed by atoms with E-state index in [-0.39, 0.29) is 25.3 Å². The van der Waals surface area contributed by atoms with Crippen LogP contribution in [0, 0.1) is 0 Å². The number of nitrogens with two attached hydrogens (primary N) is 1. The van der Waals surface area contributed by atoms with Gasteiger partial charge in [0.05, 0.1) is 5.56 Å². The Morgan fingerprint density at radius 2 is 1.26 bits per heavy atom. The van der Waals surface area contributed by atoms with Crippen molar-refractivity contribution in [2.75, 3.05) is 0 Å². The average Bonchev–Trinajstić information content (AvgIpc) is 2.47. The van der Waals surface area contributed by atoms with Crippen LogP contribution in [0.5, 0.6) is 0 Å². The Bertz CT molecular complexity index is 567. The molecule has 0 saturated heterocycles. The molecule has 0 unspecified atom stereocenters. The molecule has 0 amide bonds. The van der Waals surface area contributed by atoms with Crippen LogP contribution in [-0.2, 0) is 24.3 Å². The van der Waals surface area contributed by atoms with Gasteiger partial charge in [-0.1, -0.05) is 42.5 Å². The molecule has 0 radical (unpaired) electrons. The van der Waals surface area contributed by atoms with Crippen molar-refractivity contribution in [2.45, 2.75) is 0 Å². The summed E-state index contributed by atoms with van der Waals surface area (Å²) in [6.07, 6.45) is 0. The van der Waals surface area contributed by atoms with Crippen molar-refractivity contribution in [3.63, 3.8) is 0 Å². The summed E-state index contributed by atoms with van der Waals surface area (Å²) in [6, 6.07) is 15.1. The summed E-state index contributed by atoms with van der Waals surface area (Å²) in [5, 5.41) is 0. The number of benzene rings is 2. The Morgan fingerprint density at radius 3 is 1.79 bits per heavy atom. The maximum absolute atomic E-state index is 12.1. The standard InChI is InChI=1S/C14H11NO3.Zn/c15-18-14(17)12-8-6-11(7-9-12)13(16)10-4-2-1-3-5-10;/h1-9H,15H2;/q;+2. The van der Waals surface area contributed by atoms with Gasteiger partial charge in [0.25, 0.3) is 0 Å². The molecule has 0 aliphatic carbocycles. The molecule has 2 aromatic carbocycles. The number of rotatable bonds is 3. The summed E-state index contributed by atoms with van der Waals surface area (Å²) in [5.74, 6) is 4.05. The number of hydrogen-bond acceptors (Lipinski definition) is 4. The third kappa shape index (κ3) is 3.56. The van der Waals surface area contributed by atoms with Gasteiger partial charge in [0, 0.05) is 11.1 Å². The van der Waals surface area contributed by atoms with Gasteiger partial charge < -0.3 is 4.84 Å². The van der Waals surface area contributed by atoms with Gasteiger partial charge in [-0.05, 0) is 12.1 Å². The van der Waals surface area contributed by atoms with E-state index in [2.05, 4.69) is 4.84 Å². The summed E-state index contributed by atoms with van der Waals surface area (Å²) < 4.78 is 0. The van der Waals surface area contributed by atoms with Crippen LogP contribution in [-0.4, -0.2) is 11.8 Å². The number of carbonyl (C=O) groups excluding carboxylic acids is 2. The molecule has 19 heavy (non-hydrogen) atoms. The third-order valence-corrected chi connectivity index (χ3v) is 2.53. The van der Waals surface area contributed by atoms with Crippen LogP contribution in [0.15, 0.2) is 54.6 Å². The van der Waals surface area contributed by atoms with Crippen LogP contribution in [0.3, 0.4) is 0 Å². The predicted octanol–water partition coefficient (Wildman–Crippen LogP) is 1.95. The Hall–Kier alpha value is -1.84. The van der Waals surface area contributed by atoms with Gasteiger partial charge in [0.2, 0.25) is 0 Å². The van der Waals surface area contributed by atoms with Crippen LogP contribution < -0.4 is 5.90 Å². The molecule has 0 bridgehead atoms. The van der Waals surface area contributed by atoms with E-state index in [9.17, 15) is 9.59 Å². The Kier molecular flexibility index (Phi) is 5.55. The van der Waals surface area contributed by atoms with Crippen LogP contribution >= 0.6 is 0 Å². The third-order valence-electron chi connectivity index (χ3n) is 2.53. The smallest absolute Gasteiger partial charge is 0.370 e. The fourth-order valence-electron chi connectivity index (χ4n) is 1.58.